The van der Waals surface area contributed by atoms with Crippen molar-refractivity contribution in [2.45, 2.75) is 12.5 Å². The van der Waals surface area contributed by atoms with Crippen LogP contribution in [-0.2, 0) is 23.0 Å². The van der Waals surface area contributed by atoms with Crippen LogP contribution in [0.15, 0.2) is 29.3 Å². The van der Waals surface area contributed by atoms with E-state index in [0.29, 0.717) is 5.69 Å². The number of H-pyrrole nitrogens is 1. The molecule has 0 saturated heterocycles. The summed E-state index contributed by atoms with van der Waals surface area (Å²) in [6, 6.07) is 0.900. The number of imidazole rings is 1. The highest BCUT2D eigenvalue weighted by molar-refractivity contribution is 9.10. The summed E-state index contributed by atoms with van der Waals surface area (Å²) in [6.07, 6.45) is 5.15. The van der Waals surface area contributed by atoms with E-state index in [1.165, 1.54) is 13.4 Å². The van der Waals surface area contributed by atoms with Crippen LogP contribution in [0.5, 0.6) is 0 Å². The van der Waals surface area contributed by atoms with Crippen LogP contribution in [0.1, 0.15) is 16.2 Å². The van der Waals surface area contributed by atoms with Gasteiger partial charge in [0.2, 0.25) is 0 Å². The predicted octanol–water partition coefficient (Wildman–Crippen LogP) is 1.02. The molecule has 2 N–H and O–H groups in total. The Balaban J connectivity index is 2.13. The quantitative estimate of drug-likeness (QED) is 0.784. The summed E-state index contributed by atoms with van der Waals surface area (Å²) in [5.74, 6) is -0.857. The van der Waals surface area contributed by atoms with Crippen molar-refractivity contribution in [1.29, 1.82) is 0 Å². The summed E-state index contributed by atoms with van der Waals surface area (Å²) in [4.78, 5) is 30.8. The molecule has 21 heavy (non-hydrogen) atoms. The molecule has 8 heteroatoms. The second-order valence-electron chi connectivity index (χ2n) is 4.48. The number of esters is 1. The van der Waals surface area contributed by atoms with Gasteiger partial charge in [-0.15, -0.1) is 0 Å². The summed E-state index contributed by atoms with van der Waals surface area (Å²) >= 11 is 3.30. The number of nitrogens with one attached hydrogen (secondary N) is 2. The van der Waals surface area contributed by atoms with Gasteiger partial charge in [-0.1, -0.05) is 0 Å². The Kier molecular flexibility index (Phi) is 4.79. The third-order valence-corrected chi connectivity index (χ3v) is 3.41. The summed E-state index contributed by atoms with van der Waals surface area (Å²) in [6.45, 7) is 0. The van der Waals surface area contributed by atoms with Gasteiger partial charge in [-0.2, -0.15) is 0 Å². The SMILES string of the molecule is COC(=O)[C@H](Cc1cnc[nH]1)NC(=O)c1cc(Br)cn1C. The Morgan fingerprint density at radius 3 is 2.86 bits per heavy atom. The number of halogens is 1. The van der Waals surface area contributed by atoms with E-state index in [1.807, 2.05) is 0 Å². The Morgan fingerprint density at radius 1 is 1.57 bits per heavy atom. The van der Waals surface area contributed by atoms with Crippen molar-refractivity contribution in [3.63, 3.8) is 0 Å². The van der Waals surface area contributed by atoms with E-state index in [4.69, 9.17) is 4.74 Å². The van der Waals surface area contributed by atoms with Crippen LogP contribution in [0.4, 0.5) is 0 Å². The van der Waals surface area contributed by atoms with Gasteiger partial charge in [0.1, 0.15) is 11.7 Å². The van der Waals surface area contributed by atoms with Gasteiger partial charge in [0.05, 0.1) is 13.4 Å². The largest absolute Gasteiger partial charge is 0.467 e. The molecule has 0 bridgehead atoms. The van der Waals surface area contributed by atoms with E-state index in [9.17, 15) is 9.59 Å². The van der Waals surface area contributed by atoms with Crippen LogP contribution >= 0.6 is 15.9 Å². The third-order valence-electron chi connectivity index (χ3n) is 2.97. The minimum Gasteiger partial charge on any atom is -0.467 e. The molecule has 2 aromatic rings. The minimum absolute atomic E-state index is 0.282. The number of methoxy groups -OCH3 is 1. The zero-order chi connectivity index (χ0) is 15.4. The number of rotatable bonds is 5. The smallest absolute Gasteiger partial charge is 0.328 e. The molecule has 0 fully saturated rings. The molecule has 0 aliphatic carbocycles. The molecule has 0 aliphatic rings. The molecule has 1 amide bonds. The van der Waals surface area contributed by atoms with Crippen LogP contribution in [-0.4, -0.2) is 39.6 Å². The first-order valence-electron chi connectivity index (χ1n) is 6.19. The molecular formula is C13H15BrN4O3. The number of aryl methyl sites for hydroxylation is 1. The monoisotopic (exact) mass is 354 g/mol. The first kappa shape index (κ1) is 15.3. The van der Waals surface area contributed by atoms with Crippen LogP contribution in [0, 0.1) is 0 Å². The Labute approximate surface area is 129 Å². The maximum Gasteiger partial charge on any atom is 0.328 e. The molecule has 2 aromatic heterocycles. The fraction of sp³-hybridized carbons (Fsp3) is 0.308. The molecular weight excluding hydrogens is 340 g/mol. The number of hydrogen-bond donors (Lipinski definition) is 2. The van der Waals surface area contributed by atoms with Crippen molar-refractivity contribution in [3.8, 4) is 0 Å². The first-order chi connectivity index (χ1) is 10.0. The van der Waals surface area contributed by atoms with Gasteiger partial charge in [-0.05, 0) is 22.0 Å². The van der Waals surface area contributed by atoms with Crippen molar-refractivity contribution in [2.75, 3.05) is 7.11 Å². The number of hydrogen-bond acceptors (Lipinski definition) is 4. The van der Waals surface area contributed by atoms with E-state index >= 15 is 0 Å². The number of aromatic nitrogens is 3. The van der Waals surface area contributed by atoms with Gasteiger partial charge >= 0.3 is 5.97 Å². The van der Waals surface area contributed by atoms with Gasteiger partial charge < -0.3 is 19.6 Å². The lowest BCUT2D eigenvalue weighted by Gasteiger charge is -2.16. The maximum atomic E-state index is 12.3. The lowest BCUT2D eigenvalue weighted by molar-refractivity contribution is -0.142. The van der Waals surface area contributed by atoms with E-state index in [0.717, 1.165) is 10.2 Å². The Bertz CT molecular complexity index is 636. The fourth-order valence-corrected chi connectivity index (χ4v) is 2.46. The predicted molar refractivity (Wildman–Crippen MR) is 78.7 cm³/mol. The van der Waals surface area contributed by atoms with Crippen molar-refractivity contribution < 1.29 is 14.3 Å². The molecule has 0 aliphatic heterocycles. The van der Waals surface area contributed by atoms with Gasteiger partial charge in [0.25, 0.3) is 5.91 Å². The number of ether oxygens (including phenoxy) is 1. The molecule has 0 radical (unpaired) electrons. The lowest BCUT2D eigenvalue weighted by Crippen LogP contribution is -2.43. The maximum absolute atomic E-state index is 12.3. The van der Waals surface area contributed by atoms with Crippen molar-refractivity contribution in [1.82, 2.24) is 19.9 Å². The van der Waals surface area contributed by atoms with Gasteiger partial charge in [-0.25, -0.2) is 9.78 Å². The molecule has 0 unspecified atom stereocenters. The Morgan fingerprint density at radius 2 is 2.33 bits per heavy atom. The highest BCUT2D eigenvalue weighted by Gasteiger charge is 2.24. The summed E-state index contributed by atoms with van der Waals surface area (Å²) in [5.41, 5.74) is 1.18. The summed E-state index contributed by atoms with van der Waals surface area (Å²) in [5, 5.41) is 2.67. The molecule has 2 heterocycles. The number of carbonyl (C=O) groups excluding carboxylic acids is 2. The van der Waals surface area contributed by atoms with Crippen molar-refractivity contribution in [2.24, 2.45) is 7.05 Å². The van der Waals surface area contributed by atoms with Crippen molar-refractivity contribution >= 4 is 27.8 Å². The molecule has 112 valence electrons. The minimum atomic E-state index is -0.781. The first-order valence-corrected chi connectivity index (χ1v) is 6.98. The molecule has 0 aromatic carbocycles. The molecule has 0 saturated carbocycles. The molecule has 7 nitrogen and oxygen atoms in total. The fourth-order valence-electron chi connectivity index (χ4n) is 1.93. The van der Waals surface area contributed by atoms with E-state index < -0.39 is 12.0 Å². The van der Waals surface area contributed by atoms with Crippen LogP contribution in [0.3, 0.4) is 0 Å². The van der Waals surface area contributed by atoms with Gasteiger partial charge in [0.15, 0.2) is 0 Å². The number of carbonyl (C=O) groups is 2. The normalized spacial score (nSPS) is 12.0. The summed E-state index contributed by atoms with van der Waals surface area (Å²) in [7, 11) is 3.04. The molecule has 2 rings (SSSR count). The second-order valence-corrected chi connectivity index (χ2v) is 5.40. The van der Waals surface area contributed by atoms with Gasteiger partial charge in [0, 0.05) is 36.0 Å². The van der Waals surface area contributed by atoms with Crippen LogP contribution < -0.4 is 5.32 Å². The summed E-state index contributed by atoms with van der Waals surface area (Å²) < 4.78 is 7.19. The average Bonchev–Trinajstić information content (AvgIpc) is 3.06. The lowest BCUT2D eigenvalue weighted by atomic mass is 10.1. The van der Waals surface area contributed by atoms with Crippen molar-refractivity contribution in [3.05, 3.63) is 40.6 Å². The number of aromatic amines is 1. The highest BCUT2D eigenvalue weighted by Crippen LogP contribution is 2.14. The average molecular weight is 355 g/mol. The van der Waals surface area contributed by atoms with Crippen LogP contribution in [0.25, 0.3) is 0 Å². The highest BCUT2D eigenvalue weighted by atomic mass is 79.9. The number of nitrogens with zero attached hydrogens (tertiary/aromatic N) is 2. The zero-order valence-electron chi connectivity index (χ0n) is 11.6. The van der Waals surface area contributed by atoms with E-state index in [-0.39, 0.29) is 12.3 Å². The van der Waals surface area contributed by atoms with Gasteiger partial charge in [-0.3, -0.25) is 4.79 Å². The zero-order valence-corrected chi connectivity index (χ0v) is 13.2. The second kappa shape index (κ2) is 6.57. The Hall–Kier alpha value is -2.09. The topological polar surface area (TPSA) is 89.0 Å². The standard InChI is InChI=1S/C13H15BrN4O3/c1-18-6-8(14)3-11(18)12(19)17-10(13(20)21-2)4-9-5-15-7-16-9/h3,5-7,10H,4H2,1-2H3,(H,15,16)(H,17,19)/t10-/m0/s1. The number of amides is 1. The van der Waals surface area contributed by atoms with Crippen LogP contribution in [0.2, 0.25) is 0 Å². The van der Waals surface area contributed by atoms with E-state index in [2.05, 4.69) is 31.2 Å². The molecule has 1 atom stereocenters. The van der Waals surface area contributed by atoms with E-state index in [1.54, 1.807) is 30.1 Å². The third kappa shape index (κ3) is 3.72. The molecule has 0 spiro atoms.